The van der Waals surface area contributed by atoms with Gasteiger partial charge >= 0.3 is 0 Å². The van der Waals surface area contributed by atoms with Crippen molar-refractivity contribution in [2.75, 3.05) is 38.2 Å². The van der Waals surface area contributed by atoms with Crippen molar-refractivity contribution >= 4 is 33.6 Å². The van der Waals surface area contributed by atoms with Crippen molar-refractivity contribution in [3.05, 3.63) is 64.6 Å². The number of carbonyl (C=O) groups is 1. The van der Waals surface area contributed by atoms with Crippen LogP contribution in [0.25, 0.3) is 6.08 Å². The van der Waals surface area contributed by atoms with Crippen molar-refractivity contribution in [1.82, 2.24) is 4.90 Å². The van der Waals surface area contributed by atoms with E-state index in [9.17, 15) is 4.79 Å². The molecule has 0 spiro atoms. The maximum Gasteiger partial charge on any atom is 0.246 e. The zero-order valence-corrected chi connectivity index (χ0v) is 15.8. The Bertz CT molecular complexity index is 768. The minimum atomic E-state index is 0.0604. The fourth-order valence-electron chi connectivity index (χ4n) is 2.88. The van der Waals surface area contributed by atoms with Gasteiger partial charge in [0.15, 0.2) is 0 Å². The first kappa shape index (κ1) is 17.5. The molecule has 25 heavy (non-hydrogen) atoms. The highest BCUT2D eigenvalue weighted by Gasteiger charge is 2.20. The molecule has 0 saturated carbocycles. The number of methoxy groups -OCH3 is 1. The molecule has 0 radical (unpaired) electrons. The van der Waals surface area contributed by atoms with Gasteiger partial charge in [-0.15, -0.1) is 0 Å². The number of amides is 1. The molecule has 0 atom stereocenters. The first-order valence-electron chi connectivity index (χ1n) is 8.27. The van der Waals surface area contributed by atoms with E-state index < -0.39 is 0 Å². The topological polar surface area (TPSA) is 32.8 Å². The lowest BCUT2D eigenvalue weighted by Crippen LogP contribution is -2.48. The molecule has 3 rings (SSSR count). The maximum absolute atomic E-state index is 12.4. The van der Waals surface area contributed by atoms with E-state index in [4.69, 9.17) is 4.74 Å². The molecule has 130 valence electrons. The molecule has 1 amide bonds. The maximum atomic E-state index is 12.4. The summed E-state index contributed by atoms with van der Waals surface area (Å²) in [6.45, 7) is 3.09. The summed E-state index contributed by atoms with van der Waals surface area (Å²) in [4.78, 5) is 16.6. The summed E-state index contributed by atoms with van der Waals surface area (Å²) in [5, 5.41) is 0. The first-order valence-corrected chi connectivity index (χ1v) is 9.06. The van der Waals surface area contributed by atoms with E-state index in [2.05, 4.69) is 26.9 Å². The van der Waals surface area contributed by atoms with Crippen molar-refractivity contribution in [3.63, 3.8) is 0 Å². The fraction of sp³-hybridized carbons (Fsp3) is 0.250. The molecule has 1 heterocycles. The van der Waals surface area contributed by atoms with E-state index in [1.54, 1.807) is 13.2 Å². The molecule has 1 aliphatic heterocycles. The summed E-state index contributed by atoms with van der Waals surface area (Å²) >= 11 is 3.44. The van der Waals surface area contributed by atoms with Crippen LogP contribution in [0.1, 0.15) is 5.56 Å². The van der Waals surface area contributed by atoms with E-state index in [0.29, 0.717) is 0 Å². The van der Waals surface area contributed by atoms with Crippen LogP contribution in [-0.4, -0.2) is 44.1 Å². The molecular formula is C20H21BrN2O2. The lowest BCUT2D eigenvalue weighted by Gasteiger charge is -2.35. The predicted molar refractivity (Wildman–Crippen MR) is 105 cm³/mol. The lowest BCUT2D eigenvalue weighted by atomic mass is 10.2. The summed E-state index contributed by atoms with van der Waals surface area (Å²) < 4.78 is 6.29. The molecule has 0 bridgehead atoms. The van der Waals surface area contributed by atoms with Crippen molar-refractivity contribution < 1.29 is 9.53 Å². The molecule has 0 N–H and O–H groups in total. The second-order valence-electron chi connectivity index (χ2n) is 5.90. The van der Waals surface area contributed by atoms with Crippen LogP contribution < -0.4 is 9.64 Å². The first-order chi connectivity index (χ1) is 12.2. The van der Waals surface area contributed by atoms with E-state index in [1.807, 2.05) is 53.4 Å². The van der Waals surface area contributed by atoms with Gasteiger partial charge in [-0.3, -0.25) is 4.79 Å². The van der Waals surface area contributed by atoms with Gasteiger partial charge in [-0.2, -0.15) is 0 Å². The van der Waals surface area contributed by atoms with E-state index in [-0.39, 0.29) is 5.91 Å². The van der Waals surface area contributed by atoms with Crippen LogP contribution in [0.15, 0.2) is 59.1 Å². The van der Waals surface area contributed by atoms with Crippen LogP contribution in [0.2, 0.25) is 0 Å². The van der Waals surface area contributed by atoms with E-state index in [1.165, 1.54) is 0 Å². The van der Waals surface area contributed by atoms with Crippen LogP contribution in [-0.2, 0) is 4.79 Å². The smallest absolute Gasteiger partial charge is 0.246 e. The van der Waals surface area contributed by atoms with Gasteiger partial charge in [-0.25, -0.2) is 0 Å². The number of hydrogen-bond donors (Lipinski definition) is 0. The Kier molecular flexibility index (Phi) is 5.76. The second-order valence-corrected chi connectivity index (χ2v) is 6.82. The Morgan fingerprint density at radius 1 is 1.08 bits per heavy atom. The standard InChI is InChI=1S/C20H21BrN2O2/c1-25-19-7-3-6-18(15-19)22-10-12-23(13-11-22)20(24)9-8-16-4-2-5-17(21)14-16/h2-9,14-15H,10-13H2,1H3/b9-8+. The highest BCUT2D eigenvalue weighted by molar-refractivity contribution is 9.10. The van der Waals surface area contributed by atoms with Gasteiger partial charge < -0.3 is 14.5 Å². The van der Waals surface area contributed by atoms with Crippen LogP contribution in [0.4, 0.5) is 5.69 Å². The van der Waals surface area contributed by atoms with Crippen molar-refractivity contribution in [3.8, 4) is 5.75 Å². The molecular weight excluding hydrogens is 380 g/mol. The Morgan fingerprint density at radius 2 is 1.84 bits per heavy atom. The fourth-order valence-corrected chi connectivity index (χ4v) is 3.29. The number of nitrogens with zero attached hydrogens (tertiary/aromatic N) is 2. The number of benzene rings is 2. The average molecular weight is 401 g/mol. The van der Waals surface area contributed by atoms with Gasteiger partial charge in [0.05, 0.1) is 7.11 Å². The zero-order valence-electron chi connectivity index (χ0n) is 14.2. The Balaban J connectivity index is 1.57. The third kappa shape index (κ3) is 4.63. The summed E-state index contributed by atoms with van der Waals surface area (Å²) in [6.07, 6.45) is 3.52. The average Bonchev–Trinajstić information content (AvgIpc) is 2.66. The molecule has 2 aromatic carbocycles. The minimum Gasteiger partial charge on any atom is -0.497 e. The monoisotopic (exact) mass is 400 g/mol. The Hall–Kier alpha value is -2.27. The van der Waals surface area contributed by atoms with Crippen molar-refractivity contribution in [2.24, 2.45) is 0 Å². The van der Waals surface area contributed by atoms with Gasteiger partial charge in [0.25, 0.3) is 0 Å². The summed E-state index contributed by atoms with van der Waals surface area (Å²) in [5.74, 6) is 0.915. The van der Waals surface area contributed by atoms with Gasteiger partial charge in [0.2, 0.25) is 5.91 Å². The SMILES string of the molecule is COc1cccc(N2CCN(C(=O)/C=C/c3cccc(Br)c3)CC2)c1. The highest BCUT2D eigenvalue weighted by atomic mass is 79.9. The van der Waals surface area contributed by atoms with Crippen LogP contribution in [0.3, 0.4) is 0 Å². The Morgan fingerprint density at radius 3 is 2.56 bits per heavy atom. The highest BCUT2D eigenvalue weighted by Crippen LogP contribution is 2.22. The molecule has 1 saturated heterocycles. The number of rotatable bonds is 4. The molecule has 0 unspecified atom stereocenters. The second kappa shape index (κ2) is 8.21. The zero-order chi connectivity index (χ0) is 17.6. The number of anilines is 1. The number of halogens is 1. The summed E-state index contributed by atoms with van der Waals surface area (Å²) in [5.41, 5.74) is 2.15. The normalized spacial score (nSPS) is 14.8. The van der Waals surface area contributed by atoms with Crippen LogP contribution in [0.5, 0.6) is 5.75 Å². The van der Waals surface area contributed by atoms with Gasteiger partial charge in [0, 0.05) is 48.5 Å². The number of piperazine rings is 1. The third-order valence-corrected chi connectivity index (χ3v) is 4.77. The lowest BCUT2D eigenvalue weighted by molar-refractivity contribution is -0.126. The molecule has 1 fully saturated rings. The number of hydrogen-bond acceptors (Lipinski definition) is 3. The van der Waals surface area contributed by atoms with Gasteiger partial charge in [-0.1, -0.05) is 34.1 Å². The number of carbonyl (C=O) groups excluding carboxylic acids is 1. The van der Waals surface area contributed by atoms with Crippen molar-refractivity contribution in [2.45, 2.75) is 0 Å². The molecule has 5 heteroatoms. The van der Waals surface area contributed by atoms with Gasteiger partial charge in [-0.05, 0) is 35.9 Å². The van der Waals surface area contributed by atoms with E-state index >= 15 is 0 Å². The molecule has 1 aliphatic rings. The quantitative estimate of drug-likeness (QED) is 0.731. The Labute approximate surface area is 156 Å². The van der Waals surface area contributed by atoms with Gasteiger partial charge in [0.1, 0.15) is 5.75 Å². The van der Waals surface area contributed by atoms with Crippen LogP contribution in [0, 0.1) is 0 Å². The van der Waals surface area contributed by atoms with Crippen molar-refractivity contribution in [1.29, 1.82) is 0 Å². The third-order valence-electron chi connectivity index (χ3n) is 4.28. The van der Waals surface area contributed by atoms with Crippen LogP contribution >= 0.6 is 15.9 Å². The molecule has 0 aliphatic carbocycles. The van der Waals surface area contributed by atoms with E-state index in [0.717, 1.165) is 47.7 Å². The summed E-state index contributed by atoms with van der Waals surface area (Å²) in [6, 6.07) is 15.9. The predicted octanol–water partition coefficient (Wildman–Crippen LogP) is 3.82. The summed E-state index contributed by atoms with van der Waals surface area (Å²) in [7, 11) is 1.67. The number of ether oxygens (including phenoxy) is 1. The largest absolute Gasteiger partial charge is 0.497 e. The molecule has 4 nitrogen and oxygen atoms in total. The molecule has 2 aromatic rings. The minimum absolute atomic E-state index is 0.0604. The molecule has 0 aromatic heterocycles.